The van der Waals surface area contributed by atoms with Crippen LogP contribution in [-0.4, -0.2) is 17.6 Å². The molecule has 2 amide bonds. The summed E-state index contributed by atoms with van der Waals surface area (Å²) in [5.74, 6) is -0.796. The van der Waals surface area contributed by atoms with Crippen LogP contribution in [0.3, 0.4) is 0 Å². The van der Waals surface area contributed by atoms with Gasteiger partial charge in [0.05, 0.1) is 6.04 Å². The maximum Gasteiger partial charge on any atom is 0.248 e. The molecule has 0 fully saturated rings. The first-order valence-electron chi connectivity index (χ1n) is 9.95. The first-order valence-corrected chi connectivity index (χ1v) is 9.95. The minimum absolute atomic E-state index is 0.0447. The monoisotopic (exact) mass is 412 g/mol. The number of ketones is 1. The van der Waals surface area contributed by atoms with E-state index in [1.54, 1.807) is 31.2 Å². The summed E-state index contributed by atoms with van der Waals surface area (Å²) < 4.78 is 0. The Morgan fingerprint density at radius 1 is 0.742 bits per heavy atom. The third-order valence-electron chi connectivity index (χ3n) is 4.81. The molecule has 0 aliphatic carbocycles. The summed E-state index contributed by atoms with van der Waals surface area (Å²) in [6, 6.07) is 25.6. The number of hydrogen-bond donors (Lipinski definition) is 2. The minimum atomic E-state index is -0.417. The molecule has 31 heavy (non-hydrogen) atoms. The molecule has 5 nitrogen and oxygen atoms in total. The molecule has 0 unspecified atom stereocenters. The summed E-state index contributed by atoms with van der Waals surface area (Å²) in [7, 11) is 0. The van der Waals surface area contributed by atoms with Gasteiger partial charge in [-0.15, -0.1) is 0 Å². The second-order valence-electron chi connectivity index (χ2n) is 7.18. The zero-order chi connectivity index (χ0) is 22.2. The second-order valence-corrected chi connectivity index (χ2v) is 7.18. The molecule has 3 aromatic rings. The highest BCUT2D eigenvalue weighted by molar-refractivity contribution is 6.06. The van der Waals surface area contributed by atoms with Gasteiger partial charge in [-0.2, -0.15) is 0 Å². The molecule has 3 aromatic carbocycles. The Morgan fingerprint density at radius 3 is 1.74 bits per heavy atom. The van der Waals surface area contributed by atoms with Crippen molar-refractivity contribution in [3.63, 3.8) is 0 Å². The minimum Gasteiger partial charge on any atom is -0.341 e. The van der Waals surface area contributed by atoms with E-state index in [-0.39, 0.29) is 23.3 Å². The molecule has 0 aliphatic heterocycles. The van der Waals surface area contributed by atoms with E-state index in [1.807, 2.05) is 60.7 Å². The highest BCUT2D eigenvalue weighted by atomic mass is 16.2. The maximum absolute atomic E-state index is 12.8. The average molecular weight is 412 g/mol. The molecule has 0 atom stereocenters. The van der Waals surface area contributed by atoms with Crippen LogP contribution in [0.5, 0.6) is 0 Å². The van der Waals surface area contributed by atoms with Crippen molar-refractivity contribution in [1.82, 2.24) is 5.32 Å². The predicted octanol–water partition coefficient (Wildman–Crippen LogP) is 4.68. The van der Waals surface area contributed by atoms with Crippen molar-refractivity contribution in [3.05, 3.63) is 113 Å². The number of carbonyl (C=O) groups is 3. The van der Waals surface area contributed by atoms with Crippen molar-refractivity contribution < 1.29 is 14.4 Å². The van der Waals surface area contributed by atoms with Gasteiger partial charge >= 0.3 is 0 Å². The average Bonchev–Trinajstić information content (AvgIpc) is 2.78. The molecule has 3 rings (SSSR count). The predicted molar refractivity (Wildman–Crippen MR) is 122 cm³/mol. The van der Waals surface area contributed by atoms with Crippen LogP contribution in [0.1, 0.15) is 41.4 Å². The fourth-order valence-corrected chi connectivity index (χ4v) is 3.12. The van der Waals surface area contributed by atoms with Crippen LogP contribution in [0.15, 0.2) is 96.6 Å². The van der Waals surface area contributed by atoms with Gasteiger partial charge in [0.1, 0.15) is 0 Å². The Morgan fingerprint density at radius 2 is 1.26 bits per heavy atom. The van der Waals surface area contributed by atoms with Crippen LogP contribution in [0.4, 0.5) is 5.69 Å². The number of benzene rings is 3. The van der Waals surface area contributed by atoms with E-state index in [0.717, 1.165) is 11.1 Å². The Balaban J connectivity index is 1.71. The molecular formula is C26H24N2O3. The van der Waals surface area contributed by atoms with Crippen LogP contribution >= 0.6 is 0 Å². The van der Waals surface area contributed by atoms with Gasteiger partial charge in [-0.3, -0.25) is 14.4 Å². The summed E-state index contributed by atoms with van der Waals surface area (Å²) in [6.07, 6.45) is 1.27. The van der Waals surface area contributed by atoms with Gasteiger partial charge in [-0.25, -0.2) is 0 Å². The van der Waals surface area contributed by atoms with Crippen LogP contribution in [0, 0.1) is 0 Å². The number of Topliss-reactive ketones (excluding diaryl/α,β-unsaturated/α-hetero) is 1. The van der Waals surface area contributed by atoms with Gasteiger partial charge < -0.3 is 10.6 Å². The molecule has 0 spiro atoms. The smallest absolute Gasteiger partial charge is 0.248 e. The van der Waals surface area contributed by atoms with Gasteiger partial charge in [0.25, 0.3) is 0 Å². The fraction of sp³-hybridized carbons (Fsp3) is 0.115. The molecule has 0 saturated carbocycles. The topological polar surface area (TPSA) is 75.3 Å². The van der Waals surface area contributed by atoms with E-state index < -0.39 is 5.91 Å². The molecule has 5 heteroatoms. The molecule has 0 heterocycles. The molecule has 0 aromatic heterocycles. The van der Waals surface area contributed by atoms with Crippen molar-refractivity contribution in [2.75, 3.05) is 5.32 Å². The molecule has 0 bridgehead atoms. The largest absolute Gasteiger partial charge is 0.341 e. The molecule has 0 aliphatic rings. The lowest BCUT2D eigenvalue weighted by Gasteiger charge is -2.20. The van der Waals surface area contributed by atoms with Crippen molar-refractivity contribution in [2.45, 2.75) is 19.9 Å². The molecule has 0 saturated heterocycles. The van der Waals surface area contributed by atoms with Crippen molar-refractivity contribution in [3.8, 4) is 0 Å². The van der Waals surface area contributed by atoms with E-state index in [2.05, 4.69) is 10.6 Å². The third kappa shape index (κ3) is 6.00. The molecule has 2 N–H and O–H groups in total. The summed E-state index contributed by atoms with van der Waals surface area (Å²) in [5, 5.41) is 5.72. The van der Waals surface area contributed by atoms with Crippen LogP contribution < -0.4 is 10.6 Å². The van der Waals surface area contributed by atoms with E-state index in [0.29, 0.717) is 11.3 Å². The number of carbonyl (C=O) groups excluding carboxylic acids is 3. The van der Waals surface area contributed by atoms with E-state index in [1.165, 1.54) is 13.0 Å². The van der Waals surface area contributed by atoms with E-state index in [4.69, 9.17) is 0 Å². The second kappa shape index (κ2) is 10.2. The summed E-state index contributed by atoms with van der Waals surface area (Å²) in [5.41, 5.74) is 3.30. The fourth-order valence-electron chi connectivity index (χ4n) is 3.12. The van der Waals surface area contributed by atoms with Gasteiger partial charge in [0.15, 0.2) is 5.78 Å². The van der Waals surface area contributed by atoms with E-state index in [9.17, 15) is 14.4 Å². The summed E-state index contributed by atoms with van der Waals surface area (Å²) in [4.78, 5) is 36.5. The Bertz CT molecular complexity index is 1050. The lowest BCUT2D eigenvalue weighted by atomic mass is 9.98. The summed E-state index contributed by atoms with van der Waals surface area (Å²) >= 11 is 0. The first kappa shape index (κ1) is 21.7. The quantitative estimate of drug-likeness (QED) is 0.437. The third-order valence-corrected chi connectivity index (χ3v) is 4.81. The van der Waals surface area contributed by atoms with Crippen LogP contribution in [0.25, 0.3) is 0 Å². The van der Waals surface area contributed by atoms with Gasteiger partial charge in [-0.05, 0) is 49.2 Å². The number of anilines is 1. The molecule has 0 radical (unpaired) electrons. The Kier molecular flexibility index (Phi) is 7.12. The van der Waals surface area contributed by atoms with E-state index >= 15 is 0 Å². The number of hydrogen-bond acceptors (Lipinski definition) is 3. The standard InChI is InChI=1S/C26H24N2O3/c1-18(17-24(30)27-23-15-13-20(14-16-23)19(2)29)26(31)28-25(21-9-5-3-6-10-21)22-11-7-4-8-12-22/h3-17,25H,1-2H3,(H,27,30)(H,28,31)/b18-17-. The normalized spacial score (nSPS) is 11.1. The first-order chi connectivity index (χ1) is 14.9. The van der Waals surface area contributed by atoms with Crippen molar-refractivity contribution in [1.29, 1.82) is 0 Å². The Hall–Kier alpha value is -3.99. The van der Waals surface area contributed by atoms with Crippen LogP contribution in [-0.2, 0) is 9.59 Å². The highest BCUT2D eigenvalue weighted by Gasteiger charge is 2.18. The zero-order valence-corrected chi connectivity index (χ0v) is 17.5. The van der Waals surface area contributed by atoms with Crippen molar-refractivity contribution in [2.24, 2.45) is 0 Å². The van der Waals surface area contributed by atoms with Crippen LogP contribution in [0.2, 0.25) is 0 Å². The number of amides is 2. The lowest BCUT2D eigenvalue weighted by Crippen LogP contribution is -2.30. The highest BCUT2D eigenvalue weighted by Crippen LogP contribution is 2.22. The van der Waals surface area contributed by atoms with Gasteiger partial charge in [0, 0.05) is 22.9 Å². The summed E-state index contributed by atoms with van der Waals surface area (Å²) in [6.45, 7) is 3.08. The lowest BCUT2D eigenvalue weighted by molar-refractivity contribution is -0.118. The number of nitrogens with one attached hydrogen (secondary N) is 2. The van der Waals surface area contributed by atoms with Gasteiger partial charge in [0.2, 0.25) is 11.8 Å². The maximum atomic E-state index is 12.8. The molecular weight excluding hydrogens is 388 g/mol. The zero-order valence-electron chi connectivity index (χ0n) is 17.5. The van der Waals surface area contributed by atoms with Gasteiger partial charge in [-0.1, -0.05) is 60.7 Å². The SMILES string of the molecule is CC(=O)c1ccc(NC(=O)/C=C(/C)C(=O)NC(c2ccccc2)c2ccccc2)cc1. The Labute approximate surface area is 181 Å². The number of rotatable bonds is 7. The molecule has 156 valence electrons. The van der Waals surface area contributed by atoms with Crippen molar-refractivity contribution >= 4 is 23.3 Å².